The highest BCUT2D eigenvalue weighted by Gasteiger charge is 2.16. The van der Waals surface area contributed by atoms with Crippen molar-refractivity contribution < 1.29 is 19.1 Å². The maximum atomic E-state index is 12.3. The molecule has 6 heteroatoms. The number of benzene rings is 2. The maximum absolute atomic E-state index is 12.3. The van der Waals surface area contributed by atoms with Crippen molar-refractivity contribution >= 4 is 29.2 Å². The fourth-order valence-electron chi connectivity index (χ4n) is 2.16. The lowest BCUT2D eigenvalue weighted by molar-refractivity contribution is -0.122. The maximum Gasteiger partial charge on any atom is 0.338 e. The van der Waals surface area contributed by atoms with E-state index in [9.17, 15) is 9.59 Å². The van der Waals surface area contributed by atoms with Gasteiger partial charge in [0.05, 0.1) is 11.7 Å². The number of aryl methyl sites for hydroxylation is 1. The third-order valence-corrected chi connectivity index (χ3v) is 3.97. The zero-order chi connectivity index (χ0) is 19.3. The van der Waals surface area contributed by atoms with Crippen molar-refractivity contribution in [2.24, 2.45) is 0 Å². The second kappa shape index (κ2) is 8.72. The Morgan fingerprint density at radius 2 is 1.69 bits per heavy atom. The largest absolute Gasteiger partial charge is 0.481 e. The molecule has 138 valence electrons. The quantitative estimate of drug-likeness (QED) is 0.748. The van der Waals surface area contributed by atoms with Crippen LogP contribution in [0.2, 0.25) is 5.02 Å². The van der Waals surface area contributed by atoms with Gasteiger partial charge in [0.2, 0.25) is 0 Å². The van der Waals surface area contributed by atoms with Gasteiger partial charge in [-0.25, -0.2) is 4.79 Å². The van der Waals surface area contributed by atoms with Crippen LogP contribution in [-0.2, 0) is 9.53 Å². The summed E-state index contributed by atoms with van der Waals surface area (Å²) in [4.78, 5) is 24.1. The van der Waals surface area contributed by atoms with Gasteiger partial charge in [0.25, 0.3) is 5.91 Å². The van der Waals surface area contributed by atoms with Crippen LogP contribution in [0, 0.1) is 6.92 Å². The summed E-state index contributed by atoms with van der Waals surface area (Å²) in [6.45, 7) is 7.10. The van der Waals surface area contributed by atoms with Crippen molar-refractivity contribution in [2.75, 3.05) is 5.32 Å². The zero-order valence-corrected chi connectivity index (χ0v) is 16.0. The molecule has 0 aliphatic carbocycles. The van der Waals surface area contributed by atoms with E-state index < -0.39 is 12.1 Å². The van der Waals surface area contributed by atoms with Gasteiger partial charge in [-0.05, 0) is 75.7 Å². The Balaban J connectivity index is 1.95. The number of rotatable bonds is 6. The number of hydrogen-bond acceptors (Lipinski definition) is 4. The summed E-state index contributed by atoms with van der Waals surface area (Å²) in [5.41, 5.74) is 1.87. The minimum absolute atomic E-state index is 0.184. The normalized spacial score (nSPS) is 11.8. The fourth-order valence-corrected chi connectivity index (χ4v) is 2.28. The van der Waals surface area contributed by atoms with Gasteiger partial charge in [-0.15, -0.1) is 0 Å². The molecule has 2 aromatic carbocycles. The second-order valence-corrected chi connectivity index (χ2v) is 6.60. The Labute approximate surface area is 158 Å². The van der Waals surface area contributed by atoms with Crippen molar-refractivity contribution in [3.63, 3.8) is 0 Å². The van der Waals surface area contributed by atoms with Crippen LogP contribution in [0.15, 0.2) is 42.5 Å². The first-order valence-corrected chi connectivity index (χ1v) is 8.68. The molecular weight excluding hydrogens is 354 g/mol. The van der Waals surface area contributed by atoms with Crippen molar-refractivity contribution in [1.82, 2.24) is 0 Å². The molecule has 0 bridgehead atoms. The molecule has 0 aliphatic heterocycles. The number of ether oxygens (including phenoxy) is 2. The van der Waals surface area contributed by atoms with E-state index in [2.05, 4.69) is 5.32 Å². The predicted molar refractivity (Wildman–Crippen MR) is 102 cm³/mol. The Morgan fingerprint density at radius 1 is 1.04 bits per heavy atom. The number of nitrogens with one attached hydrogen (secondary N) is 1. The van der Waals surface area contributed by atoms with E-state index in [4.69, 9.17) is 21.1 Å². The fraction of sp³-hybridized carbons (Fsp3) is 0.300. The summed E-state index contributed by atoms with van der Waals surface area (Å²) in [6, 6.07) is 11.7. The average molecular weight is 376 g/mol. The van der Waals surface area contributed by atoms with Crippen LogP contribution in [0.25, 0.3) is 0 Å². The van der Waals surface area contributed by atoms with Crippen LogP contribution in [0.5, 0.6) is 5.75 Å². The summed E-state index contributed by atoms with van der Waals surface area (Å²) >= 11 is 5.98. The molecule has 0 saturated heterocycles. The lowest BCUT2D eigenvalue weighted by Crippen LogP contribution is -2.30. The molecule has 0 aliphatic rings. The van der Waals surface area contributed by atoms with Gasteiger partial charge in [-0.3, -0.25) is 4.79 Å². The first-order chi connectivity index (χ1) is 12.3. The minimum atomic E-state index is -0.693. The van der Waals surface area contributed by atoms with Crippen molar-refractivity contribution in [2.45, 2.75) is 39.9 Å². The molecule has 0 saturated carbocycles. The first kappa shape index (κ1) is 19.8. The third-order valence-electron chi connectivity index (χ3n) is 3.54. The number of halogens is 1. The average Bonchev–Trinajstić information content (AvgIpc) is 2.58. The molecule has 0 aromatic heterocycles. The molecule has 1 atom stereocenters. The first-order valence-electron chi connectivity index (χ1n) is 8.31. The SMILES string of the molecule is Cc1cc(OC(C)C(=O)Nc2ccc(C(=O)OC(C)C)cc2)ccc1Cl. The highest BCUT2D eigenvalue weighted by atomic mass is 35.5. The second-order valence-electron chi connectivity index (χ2n) is 6.19. The zero-order valence-electron chi connectivity index (χ0n) is 15.2. The molecule has 0 fully saturated rings. The smallest absolute Gasteiger partial charge is 0.338 e. The Kier molecular flexibility index (Phi) is 6.64. The lowest BCUT2D eigenvalue weighted by Gasteiger charge is -2.15. The Morgan fingerprint density at radius 3 is 2.27 bits per heavy atom. The summed E-state index contributed by atoms with van der Waals surface area (Å²) in [7, 11) is 0. The van der Waals surface area contributed by atoms with Crippen molar-refractivity contribution in [3.8, 4) is 5.75 Å². The highest BCUT2D eigenvalue weighted by Crippen LogP contribution is 2.22. The summed E-state index contributed by atoms with van der Waals surface area (Å²) in [6.07, 6.45) is -0.877. The number of anilines is 1. The summed E-state index contributed by atoms with van der Waals surface area (Å²) < 4.78 is 10.8. The Hall–Kier alpha value is -2.53. The van der Waals surface area contributed by atoms with Crippen molar-refractivity contribution in [1.29, 1.82) is 0 Å². The van der Waals surface area contributed by atoms with E-state index in [1.54, 1.807) is 63.2 Å². The number of esters is 1. The molecule has 1 unspecified atom stereocenters. The standard InChI is InChI=1S/C20H22ClNO4/c1-12(2)25-20(24)15-5-7-16(8-6-15)22-19(23)14(4)26-17-9-10-18(21)13(3)11-17/h5-12,14H,1-4H3,(H,22,23). The minimum Gasteiger partial charge on any atom is -0.481 e. The molecule has 2 rings (SSSR count). The summed E-state index contributed by atoms with van der Waals surface area (Å²) in [5, 5.41) is 3.40. The monoisotopic (exact) mass is 375 g/mol. The van der Waals surface area contributed by atoms with E-state index in [1.807, 2.05) is 6.92 Å². The molecule has 1 amide bonds. The van der Waals surface area contributed by atoms with E-state index in [0.29, 0.717) is 22.0 Å². The molecule has 1 N–H and O–H groups in total. The van der Waals surface area contributed by atoms with E-state index in [0.717, 1.165) is 5.56 Å². The topological polar surface area (TPSA) is 64.6 Å². The van der Waals surface area contributed by atoms with Crippen LogP contribution in [0.1, 0.15) is 36.7 Å². The molecular formula is C20H22ClNO4. The van der Waals surface area contributed by atoms with Gasteiger partial charge >= 0.3 is 5.97 Å². The molecule has 5 nitrogen and oxygen atoms in total. The van der Waals surface area contributed by atoms with Gasteiger partial charge in [-0.2, -0.15) is 0 Å². The highest BCUT2D eigenvalue weighted by molar-refractivity contribution is 6.31. The molecule has 2 aromatic rings. The van der Waals surface area contributed by atoms with Gasteiger partial charge in [0.15, 0.2) is 6.10 Å². The van der Waals surface area contributed by atoms with Gasteiger partial charge in [0, 0.05) is 10.7 Å². The number of amides is 1. The van der Waals surface area contributed by atoms with Gasteiger partial charge < -0.3 is 14.8 Å². The van der Waals surface area contributed by atoms with Crippen molar-refractivity contribution in [3.05, 3.63) is 58.6 Å². The van der Waals surface area contributed by atoms with Gasteiger partial charge in [-0.1, -0.05) is 11.6 Å². The molecule has 0 radical (unpaired) electrons. The number of carbonyl (C=O) groups is 2. The van der Waals surface area contributed by atoms with Gasteiger partial charge in [0.1, 0.15) is 5.75 Å². The predicted octanol–water partition coefficient (Wildman–Crippen LogP) is 4.62. The van der Waals surface area contributed by atoms with E-state index >= 15 is 0 Å². The third kappa shape index (κ3) is 5.49. The van der Waals surface area contributed by atoms with Crippen LogP contribution in [0.4, 0.5) is 5.69 Å². The van der Waals surface area contributed by atoms with E-state index in [-0.39, 0.29) is 12.0 Å². The van der Waals surface area contributed by atoms with E-state index in [1.165, 1.54) is 0 Å². The molecule has 26 heavy (non-hydrogen) atoms. The lowest BCUT2D eigenvalue weighted by atomic mass is 10.2. The molecule has 0 heterocycles. The molecule has 0 spiro atoms. The van der Waals surface area contributed by atoms with Crippen LogP contribution < -0.4 is 10.1 Å². The summed E-state index contributed by atoms with van der Waals surface area (Å²) in [5.74, 6) is -0.121. The van der Waals surface area contributed by atoms with Crippen LogP contribution in [-0.4, -0.2) is 24.1 Å². The van der Waals surface area contributed by atoms with Crippen LogP contribution >= 0.6 is 11.6 Å². The van der Waals surface area contributed by atoms with Crippen LogP contribution in [0.3, 0.4) is 0 Å². The Bertz CT molecular complexity index is 787. The number of carbonyl (C=O) groups excluding carboxylic acids is 2. The number of hydrogen-bond donors (Lipinski definition) is 1.